The molecule has 0 spiro atoms. The second kappa shape index (κ2) is 8.04. The number of fused-ring (bicyclic) bond motifs is 1. The van der Waals surface area contributed by atoms with Crippen LogP contribution in [0.1, 0.15) is 43.6 Å². The van der Waals surface area contributed by atoms with Crippen LogP contribution < -0.4 is 5.73 Å². The summed E-state index contributed by atoms with van der Waals surface area (Å²) in [6.45, 7) is 5.88. The van der Waals surface area contributed by atoms with E-state index in [1.54, 1.807) is 0 Å². The Bertz CT molecular complexity index is 736. The molecule has 1 saturated carbocycles. The van der Waals surface area contributed by atoms with Crippen LogP contribution in [0.15, 0.2) is 12.4 Å². The standard InChI is InChI=1S/C20H29N3O4/c1-4-10(2)16(21)20(26)27-8-12-7-15(19(25)18(12)24)14-6-5-13-11(3)22-9-23-17(13)14/h6,9-10,12,15-16,18-19,24-25H,4-5,7-8,21H2,1-3H3/t10?,12-,15+,16+,18-,19+/m1/s1. The number of aliphatic hydroxyl groups excluding tert-OH is 2. The van der Waals surface area contributed by atoms with Gasteiger partial charge in [0.1, 0.15) is 12.4 Å². The Morgan fingerprint density at radius 3 is 2.81 bits per heavy atom. The van der Waals surface area contributed by atoms with Gasteiger partial charge in [-0.05, 0) is 31.3 Å². The van der Waals surface area contributed by atoms with Crippen LogP contribution in [-0.4, -0.2) is 51.0 Å². The van der Waals surface area contributed by atoms with E-state index in [4.69, 9.17) is 10.5 Å². The molecule has 1 aromatic heterocycles. The van der Waals surface area contributed by atoms with E-state index in [1.165, 1.54) is 6.33 Å². The highest BCUT2D eigenvalue weighted by atomic mass is 16.5. The molecule has 148 valence electrons. The van der Waals surface area contributed by atoms with E-state index in [2.05, 4.69) is 16.0 Å². The molecule has 7 nitrogen and oxygen atoms in total. The van der Waals surface area contributed by atoms with E-state index < -0.39 is 24.2 Å². The molecule has 1 aromatic rings. The van der Waals surface area contributed by atoms with Crippen molar-refractivity contribution in [1.29, 1.82) is 0 Å². The second-order valence-electron chi connectivity index (χ2n) is 7.77. The summed E-state index contributed by atoms with van der Waals surface area (Å²) >= 11 is 0. The summed E-state index contributed by atoms with van der Waals surface area (Å²) in [5.74, 6) is -0.982. The maximum Gasteiger partial charge on any atom is 0.323 e. The molecule has 4 N–H and O–H groups in total. The maximum absolute atomic E-state index is 12.1. The summed E-state index contributed by atoms with van der Waals surface area (Å²) in [5, 5.41) is 21.0. The smallest absolute Gasteiger partial charge is 0.323 e. The first-order chi connectivity index (χ1) is 12.8. The number of nitrogens with zero attached hydrogens (tertiary/aromatic N) is 2. The lowest BCUT2D eigenvalue weighted by Gasteiger charge is -2.20. The number of ether oxygens (including phenoxy) is 1. The van der Waals surface area contributed by atoms with Gasteiger partial charge in [-0.25, -0.2) is 9.97 Å². The molecule has 0 aromatic carbocycles. The largest absolute Gasteiger partial charge is 0.464 e. The minimum Gasteiger partial charge on any atom is -0.464 e. The van der Waals surface area contributed by atoms with Crippen LogP contribution >= 0.6 is 0 Å². The predicted octanol–water partition coefficient (Wildman–Crippen LogP) is 0.999. The van der Waals surface area contributed by atoms with Crippen molar-refractivity contribution < 1.29 is 19.7 Å². The molecule has 0 saturated heterocycles. The second-order valence-corrected chi connectivity index (χ2v) is 7.77. The maximum atomic E-state index is 12.1. The third-order valence-electron chi connectivity index (χ3n) is 6.13. The lowest BCUT2D eigenvalue weighted by atomic mass is 9.93. The lowest BCUT2D eigenvalue weighted by Crippen LogP contribution is -2.39. The van der Waals surface area contributed by atoms with E-state index in [-0.39, 0.29) is 24.4 Å². The molecule has 2 aliphatic rings. The Morgan fingerprint density at radius 2 is 2.11 bits per heavy atom. The van der Waals surface area contributed by atoms with Gasteiger partial charge in [0, 0.05) is 23.1 Å². The summed E-state index contributed by atoms with van der Waals surface area (Å²) in [6, 6.07) is -0.668. The highest BCUT2D eigenvalue weighted by Crippen LogP contribution is 2.43. The van der Waals surface area contributed by atoms with Crippen molar-refractivity contribution >= 4 is 11.5 Å². The summed E-state index contributed by atoms with van der Waals surface area (Å²) < 4.78 is 5.35. The van der Waals surface area contributed by atoms with Gasteiger partial charge in [-0.15, -0.1) is 0 Å². The van der Waals surface area contributed by atoms with Gasteiger partial charge in [0.25, 0.3) is 0 Å². The van der Waals surface area contributed by atoms with E-state index in [0.29, 0.717) is 6.42 Å². The van der Waals surface area contributed by atoms with Crippen LogP contribution in [0.4, 0.5) is 0 Å². The molecule has 3 rings (SSSR count). The number of esters is 1. The highest BCUT2D eigenvalue weighted by Gasteiger charge is 2.45. The van der Waals surface area contributed by atoms with Crippen molar-refractivity contribution in [2.75, 3.05) is 6.61 Å². The average Bonchev–Trinajstić information content (AvgIpc) is 3.21. The Kier molecular flexibility index (Phi) is 5.93. The van der Waals surface area contributed by atoms with Crippen LogP contribution in [0.2, 0.25) is 0 Å². The van der Waals surface area contributed by atoms with Crippen LogP contribution in [0.5, 0.6) is 0 Å². The minimum atomic E-state index is -0.949. The van der Waals surface area contributed by atoms with Gasteiger partial charge in [0.05, 0.1) is 24.5 Å². The molecular weight excluding hydrogens is 346 g/mol. The fourth-order valence-corrected chi connectivity index (χ4v) is 4.00. The molecule has 7 heteroatoms. The summed E-state index contributed by atoms with van der Waals surface area (Å²) in [4.78, 5) is 20.7. The molecule has 27 heavy (non-hydrogen) atoms. The first kappa shape index (κ1) is 19.9. The van der Waals surface area contributed by atoms with Crippen molar-refractivity contribution in [3.8, 4) is 0 Å². The van der Waals surface area contributed by atoms with Gasteiger partial charge in [0.2, 0.25) is 0 Å². The normalized spacial score (nSPS) is 29.2. The van der Waals surface area contributed by atoms with Crippen LogP contribution in [0, 0.1) is 24.7 Å². The van der Waals surface area contributed by atoms with E-state index in [0.717, 1.165) is 35.4 Å². The number of aliphatic hydroxyl groups is 2. The zero-order chi connectivity index (χ0) is 19.7. The quantitative estimate of drug-likeness (QED) is 0.635. The number of hydrogen-bond acceptors (Lipinski definition) is 7. The SMILES string of the molecule is CCC(C)[C@H](N)C(=O)OC[C@H]1C[C@@H](C2=CCc3c(C)ncnc32)[C@H](O)[C@@H]1O. The van der Waals surface area contributed by atoms with Gasteiger partial charge in [0.15, 0.2) is 0 Å². The van der Waals surface area contributed by atoms with Crippen molar-refractivity contribution in [3.05, 3.63) is 29.4 Å². The molecule has 1 heterocycles. The van der Waals surface area contributed by atoms with Crippen molar-refractivity contribution in [3.63, 3.8) is 0 Å². The Hall–Kier alpha value is -1.83. The Morgan fingerprint density at radius 1 is 1.37 bits per heavy atom. The minimum absolute atomic E-state index is 0.0346. The first-order valence-corrected chi connectivity index (χ1v) is 9.64. The molecule has 1 unspecified atom stereocenters. The van der Waals surface area contributed by atoms with Gasteiger partial charge >= 0.3 is 5.97 Å². The van der Waals surface area contributed by atoms with E-state index in [1.807, 2.05) is 20.8 Å². The first-order valence-electron chi connectivity index (χ1n) is 9.64. The average molecular weight is 375 g/mol. The number of allylic oxidation sites excluding steroid dienone is 1. The molecule has 0 aliphatic heterocycles. The number of aryl methyl sites for hydroxylation is 1. The summed E-state index contributed by atoms with van der Waals surface area (Å²) in [6.07, 6.45) is 3.78. The van der Waals surface area contributed by atoms with Gasteiger partial charge < -0.3 is 20.7 Å². The number of nitrogens with two attached hydrogens (primary N) is 1. The van der Waals surface area contributed by atoms with Gasteiger partial charge in [-0.3, -0.25) is 4.79 Å². The molecule has 0 amide bonds. The fraction of sp³-hybridized carbons (Fsp3) is 0.650. The Balaban J connectivity index is 1.66. The highest BCUT2D eigenvalue weighted by molar-refractivity contribution is 5.76. The zero-order valence-electron chi connectivity index (χ0n) is 16.1. The summed E-state index contributed by atoms with van der Waals surface area (Å²) in [5.41, 5.74) is 9.72. The van der Waals surface area contributed by atoms with Crippen molar-refractivity contribution in [2.24, 2.45) is 23.5 Å². The van der Waals surface area contributed by atoms with Crippen LogP contribution in [0.3, 0.4) is 0 Å². The van der Waals surface area contributed by atoms with E-state index in [9.17, 15) is 15.0 Å². The third-order valence-corrected chi connectivity index (χ3v) is 6.13. The van der Waals surface area contributed by atoms with Gasteiger partial charge in [-0.1, -0.05) is 26.3 Å². The molecule has 0 bridgehead atoms. The monoisotopic (exact) mass is 375 g/mol. The number of hydrogen-bond donors (Lipinski definition) is 3. The molecule has 1 fully saturated rings. The van der Waals surface area contributed by atoms with Gasteiger partial charge in [-0.2, -0.15) is 0 Å². The van der Waals surface area contributed by atoms with Crippen LogP contribution in [0.25, 0.3) is 5.57 Å². The lowest BCUT2D eigenvalue weighted by molar-refractivity contribution is -0.149. The van der Waals surface area contributed by atoms with Crippen molar-refractivity contribution in [2.45, 2.75) is 58.3 Å². The van der Waals surface area contributed by atoms with E-state index >= 15 is 0 Å². The fourth-order valence-electron chi connectivity index (χ4n) is 4.00. The Labute approximate surface area is 159 Å². The third kappa shape index (κ3) is 3.77. The molecule has 2 aliphatic carbocycles. The summed E-state index contributed by atoms with van der Waals surface area (Å²) in [7, 11) is 0. The number of carbonyl (C=O) groups excluding carboxylic acids is 1. The molecule has 0 radical (unpaired) electrons. The number of rotatable bonds is 6. The topological polar surface area (TPSA) is 119 Å². The van der Waals surface area contributed by atoms with Crippen molar-refractivity contribution in [1.82, 2.24) is 9.97 Å². The predicted molar refractivity (Wildman–Crippen MR) is 100 cm³/mol. The molecular formula is C20H29N3O4. The molecule has 6 atom stereocenters. The van der Waals surface area contributed by atoms with Crippen LogP contribution in [-0.2, 0) is 16.0 Å². The zero-order valence-corrected chi connectivity index (χ0v) is 16.1. The number of aromatic nitrogens is 2. The number of carbonyl (C=O) groups is 1.